The number of halogens is 12. The third-order valence-corrected chi connectivity index (χ3v) is 4.63. The van der Waals surface area contributed by atoms with Crippen LogP contribution in [0.25, 0.3) is 0 Å². The number of hydrogen-bond donors (Lipinski definition) is 2. The molecule has 0 aliphatic heterocycles. The van der Waals surface area contributed by atoms with Crippen LogP contribution >= 0.6 is 0 Å². The summed E-state index contributed by atoms with van der Waals surface area (Å²) in [4.78, 5) is 0. The molecule has 0 aliphatic carbocycles. The summed E-state index contributed by atoms with van der Waals surface area (Å²) in [6.07, 6.45) is -16.4. The van der Waals surface area contributed by atoms with Gasteiger partial charge in [0.05, 0.1) is 11.4 Å². The van der Waals surface area contributed by atoms with Crippen molar-refractivity contribution in [1.82, 2.24) is 0 Å². The van der Waals surface area contributed by atoms with Gasteiger partial charge in [0.25, 0.3) is 0 Å². The first-order valence-corrected chi connectivity index (χ1v) is 9.39. The molecule has 3 rings (SSSR count). The van der Waals surface area contributed by atoms with Crippen LogP contribution in [0.15, 0.2) is 36.4 Å². The van der Waals surface area contributed by atoms with Crippen molar-refractivity contribution < 1.29 is 62.2 Å². The lowest BCUT2D eigenvalue weighted by Crippen LogP contribution is -2.14. The maximum atomic E-state index is 14.5. The zero-order chi connectivity index (χ0) is 28.1. The van der Waals surface area contributed by atoms with Crippen molar-refractivity contribution in [1.29, 1.82) is 0 Å². The van der Waals surface area contributed by atoms with Crippen molar-refractivity contribution in [3.63, 3.8) is 0 Å². The fraction of sp³-hybridized carbons (Fsp3) is 0.143. The first kappa shape index (κ1) is 27.6. The summed E-state index contributed by atoms with van der Waals surface area (Å²) in [5, 5.41) is 0. The van der Waals surface area contributed by atoms with Gasteiger partial charge < -0.3 is 20.9 Å². The van der Waals surface area contributed by atoms with Crippen molar-refractivity contribution in [3.05, 3.63) is 70.5 Å². The number of anilines is 2. The van der Waals surface area contributed by atoms with Crippen LogP contribution in [-0.4, -0.2) is 0 Å². The summed E-state index contributed by atoms with van der Waals surface area (Å²) < 4.78 is 172. The molecule has 0 bridgehead atoms. The lowest BCUT2D eigenvalue weighted by molar-refractivity contribution is -0.141. The van der Waals surface area contributed by atoms with Crippen LogP contribution < -0.4 is 20.9 Å². The van der Waals surface area contributed by atoms with Gasteiger partial charge in [-0.2, -0.15) is 39.5 Å². The van der Waals surface area contributed by atoms with E-state index >= 15 is 0 Å². The molecule has 3 aromatic carbocycles. The van der Waals surface area contributed by atoms with Gasteiger partial charge in [0, 0.05) is 12.1 Å². The Labute approximate surface area is 198 Å². The average molecular weight is 550 g/mol. The van der Waals surface area contributed by atoms with Crippen LogP contribution in [-0.2, 0) is 18.5 Å². The Morgan fingerprint density at radius 1 is 0.486 bits per heavy atom. The predicted molar refractivity (Wildman–Crippen MR) is 103 cm³/mol. The van der Waals surface area contributed by atoms with Crippen LogP contribution in [0.5, 0.6) is 23.0 Å². The Bertz CT molecular complexity index is 1350. The molecule has 0 unspecified atom stereocenters. The fourth-order valence-electron chi connectivity index (χ4n) is 3.12. The Morgan fingerprint density at radius 3 is 1.30 bits per heavy atom. The fourth-order valence-corrected chi connectivity index (χ4v) is 3.12. The van der Waals surface area contributed by atoms with Crippen molar-refractivity contribution in [3.8, 4) is 23.0 Å². The number of hydrogen-bond acceptors (Lipinski definition) is 4. The van der Waals surface area contributed by atoms with Gasteiger partial charge in [0.2, 0.25) is 0 Å². The number of nitrogens with two attached hydrogens (primary N) is 2. The monoisotopic (exact) mass is 550 g/mol. The third-order valence-electron chi connectivity index (χ3n) is 4.63. The molecule has 0 aliphatic rings. The maximum absolute atomic E-state index is 14.5. The van der Waals surface area contributed by atoms with Crippen molar-refractivity contribution in [2.24, 2.45) is 0 Å². The van der Waals surface area contributed by atoms with Crippen LogP contribution in [0, 0.1) is 17.5 Å². The van der Waals surface area contributed by atoms with Gasteiger partial charge in [-0.15, -0.1) is 0 Å². The Balaban J connectivity index is 2.21. The largest absolute Gasteiger partial charge is 0.456 e. The van der Waals surface area contributed by atoms with E-state index in [9.17, 15) is 52.7 Å². The number of alkyl halides is 9. The molecule has 0 saturated heterocycles. The lowest BCUT2D eigenvalue weighted by atomic mass is 10.1. The summed E-state index contributed by atoms with van der Waals surface area (Å²) in [7, 11) is 0. The number of ether oxygens (including phenoxy) is 2. The van der Waals surface area contributed by atoms with Gasteiger partial charge in [-0.05, 0) is 24.3 Å². The van der Waals surface area contributed by atoms with E-state index in [0.29, 0.717) is 18.2 Å². The minimum absolute atomic E-state index is 0.0426. The maximum Gasteiger partial charge on any atom is 0.422 e. The lowest BCUT2D eigenvalue weighted by Gasteiger charge is -2.20. The topological polar surface area (TPSA) is 70.5 Å². The van der Waals surface area contributed by atoms with Gasteiger partial charge in [0.1, 0.15) is 57.1 Å². The van der Waals surface area contributed by atoms with Gasteiger partial charge in [-0.3, -0.25) is 0 Å². The highest BCUT2D eigenvalue weighted by molar-refractivity contribution is 5.60. The van der Waals surface area contributed by atoms with Crippen LogP contribution in [0.2, 0.25) is 0 Å². The molecule has 0 amide bonds. The molecule has 4 N–H and O–H groups in total. The molecule has 4 nitrogen and oxygen atoms in total. The average Bonchev–Trinajstić information content (AvgIpc) is 2.70. The number of nitrogen functional groups attached to an aromatic ring is 2. The summed E-state index contributed by atoms with van der Waals surface area (Å²) in [5.41, 5.74) is 0.902. The zero-order valence-electron chi connectivity index (χ0n) is 17.5. The van der Waals surface area contributed by atoms with E-state index in [-0.39, 0.29) is 18.2 Å². The minimum atomic E-state index is -5.60. The van der Waals surface area contributed by atoms with Gasteiger partial charge in [-0.25, -0.2) is 13.2 Å². The highest BCUT2D eigenvalue weighted by Gasteiger charge is 2.42. The molecule has 0 radical (unpaired) electrons. The highest BCUT2D eigenvalue weighted by atomic mass is 19.4. The van der Waals surface area contributed by atoms with E-state index in [1.165, 1.54) is 0 Å². The van der Waals surface area contributed by atoms with E-state index < -0.39 is 87.0 Å². The van der Waals surface area contributed by atoms with E-state index in [0.717, 1.165) is 0 Å². The van der Waals surface area contributed by atoms with E-state index in [1.54, 1.807) is 0 Å². The second-order valence-electron chi connectivity index (χ2n) is 7.14. The molecule has 3 aromatic rings. The number of benzene rings is 3. The van der Waals surface area contributed by atoms with Crippen LogP contribution in [0.4, 0.5) is 64.1 Å². The molecule has 16 heteroatoms. The third kappa shape index (κ3) is 5.56. The van der Waals surface area contributed by atoms with E-state index in [2.05, 4.69) is 4.74 Å². The Morgan fingerprint density at radius 2 is 0.892 bits per heavy atom. The SMILES string of the molecule is Nc1c(F)ccc(Oc2cc(F)c(C(F)(F)F)c(Oc3ccc(F)c(N)c3C(F)(F)F)c2)c1C(F)(F)F. The van der Waals surface area contributed by atoms with Crippen molar-refractivity contribution in [2.45, 2.75) is 18.5 Å². The quantitative estimate of drug-likeness (QED) is 0.256. The van der Waals surface area contributed by atoms with Crippen molar-refractivity contribution >= 4 is 11.4 Å². The minimum Gasteiger partial charge on any atom is -0.456 e. The van der Waals surface area contributed by atoms with Crippen LogP contribution in [0.3, 0.4) is 0 Å². The normalized spacial score (nSPS) is 12.5. The summed E-state index contributed by atoms with van der Waals surface area (Å²) in [5.74, 6) is -11.0. The van der Waals surface area contributed by atoms with Crippen molar-refractivity contribution in [2.75, 3.05) is 11.5 Å². The molecule has 0 aromatic heterocycles. The molecule has 37 heavy (non-hydrogen) atoms. The van der Waals surface area contributed by atoms with E-state index in [1.807, 2.05) is 0 Å². The molecule has 0 heterocycles. The Hall–Kier alpha value is -3.98. The first-order chi connectivity index (χ1) is 16.8. The summed E-state index contributed by atoms with van der Waals surface area (Å²) in [6.45, 7) is 0. The standard InChI is InChI=1S/C21H10F12N2O2/c22-8-1-3-11(15(17(8)34)20(28,29)30)36-7-5-10(24)14(19(25,26)27)13(6-7)37-12-4-2-9(23)18(35)16(12)21(31,32)33/h1-6H,34-35H2. The predicted octanol–water partition coefficient (Wildman–Crippen LogP) is 7.91. The van der Waals surface area contributed by atoms with Crippen LogP contribution in [0.1, 0.15) is 16.7 Å². The molecular weight excluding hydrogens is 540 g/mol. The second kappa shape index (κ2) is 9.15. The Kier molecular flexibility index (Phi) is 6.83. The molecule has 0 spiro atoms. The summed E-state index contributed by atoms with van der Waals surface area (Å²) in [6, 6.07) is 1.44. The smallest absolute Gasteiger partial charge is 0.422 e. The highest BCUT2D eigenvalue weighted by Crippen LogP contribution is 2.48. The molecule has 0 saturated carbocycles. The van der Waals surface area contributed by atoms with Gasteiger partial charge in [0.15, 0.2) is 0 Å². The zero-order valence-corrected chi connectivity index (χ0v) is 17.5. The second-order valence-corrected chi connectivity index (χ2v) is 7.14. The van der Waals surface area contributed by atoms with Gasteiger partial charge >= 0.3 is 18.5 Å². The number of rotatable bonds is 4. The molecular formula is C21H10F12N2O2. The van der Waals surface area contributed by atoms with E-state index in [4.69, 9.17) is 16.2 Å². The molecule has 200 valence electrons. The van der Waals surface area contributed by atoms with Gasteiger partial charge in [-0.1, -0.05) is 0 Å². The summed E-state index contributed by atoms with van der Waals surface area (Å²) >= 11 is 0. The molecule has 0 fully saturated rings. The first-order valence-electron chi connectivity index (χ1n) is 9.39. The molecule has 0 atom stereocenters.